The first-order valence-corrected chi connectivity index (χ1v) is 16.9. The fourth-order valence-corrected chi connectivity index (χ4v) is 14.3. The zero-order valence-corrected chi connectivity index (χ0v) is 26.2. The van der Waals surface area contributed by atoms with Crippen molar-refractivity contribution in [3.8, 4) is 16.9 Å². The lowest BCUT2D eigenvalue weighted by Gasteiger charge is -2.45. The molecule has 0 aliphatic carbocycles. The summed E-state index contributed by atoms with van der Waals surface area (Å²) < 4.78 is 37.0. The number of hydrogen-bond acceptors (Lipinski definition) is 3. The topological polar surface area (TPSA) is 50.8 Å². The highest BCUT2D eigenvalue weighted by molar-refractivity contribution is 6.97. The molecule has 0 saturated carbocycles. The number of halogens is 2. The molecule has 0 atom stereocenters. The number of nitrogens with one attached hydrogen (secondary N) is 1. The normalized spacial score (nSPS) is 12.2. The highest BCUT2D eigenvalue weighted by Crippen LogP contribution is 2.45. The van der Waals surface area contributed by atoms with Gasteiger partial charge in [-0.25, -0.2) is 13.8 Å². The second-order valence-corrected chi connectivity index (χ2v) is 17.8. The molecule has 42 heavy (non-hydrogen) atoms. The van der Waals surface area contributed by atoms with E-state index in [0.717, 1.165) is 33.3 Å². The van der Waals surface area contributed by atoms with Crippen LogP contribution in [0.3, 0.4) is 0 Å². The predicted octanol–water partition coefficient (Wildman–Crippen LogP) is 8.96. The Hall–Kier alpha value is -3.84. The third kappa shape index (κ3) is 5.26. The van der Waals surface area contributed by atoms with Crippen LogP contribution in [0.1, 0.15) is 58.2 Å². The fraction of sp³-hybridized carbons (Fsp3) is 0.314. The van der Waals surface area contributed by atoms with Crippen LogP contribution in [-0.4, -0.2) is 23.0 Å². The summed E-state index contributed by atoms with van der Waals surface area (Å²) in [5.74, 6) is -1.22. The summed E-state index contributed by atoms with van der Waals surface area (Å²) in [4.78, 5) is 12.6. The van der Waals surface area contributed by atoms with Crippen LogP contribution in [0.4, 0.5) is 8.78 Å². The number of nitrogens with zero attached hydrogens (tertiary/aromatic N) is 2. The number of aromatic amines is 1. The first-order valence-electron chi connectivity index (χ1n) is 14.7. The summed E-state index contributed by atoms with van der Waals surface area (Å²) >= 11 is 0. The molecule has 0 aliphatic heterocycles. The van der Waals surface area contributed by atoms with Gasteiger partial charge in [-0.1, -0.05) is 77.9 Å². The molecule has 5 aromatic rings. The van der Waals surface area contributed by atoms with Gasteiger partial charge in [0.1, 0.15) is 18.1 Å². The first-order chi connectivity index (χ1) is 20.2. The van der Waals surface area contributed by atoms with Crippen molar-refractivity contribution in [3.63, 3.8) is 0 Å². The van der Waals surface area contributed by atoms with E-state index in [1.807, 2.05) is 55.0 Å². The van der Waals surface area contributed by atoms with Gasteiger partial charge in [-0.15, -0.1) is 0 Å². The molecule has 0 radical (unpaired) electrons. The summed E-state index contributed by atoms with van der Waals surface area (Å²) in [5.41, 5.74) is 5.75. The Morgan fingerprint density at radius 2 is 1.57 bits per heavy atom. The number of hydrogen-bond donors (Lipinski definition) is 1. The maximum atomic E-state index is 15.9. The SMILES string of the molecule is CC(C)[Si](c1c(-c2cccnc2)cnc2[nH]cc(Cc3c(F)ccc(OCc4ccccc4)c3F)c12)(C(C)C)C(C)C. The van der Waals surface area contributed by atoms with Crippen LogP contribution in [0.15, 0.2) is 79.4 Å². The average molecular weight is 584 g/mol. The molecule has 218 valence electrons. The van der Waals surface area contributed by atoms with Crippen LogP contribution < -0.4 is 9.92 Å². The fourth-order valence-electron chi connectivity index (χ4n) is 7.13. The maximum Gasteiger partial charge on any atom is 0.171 e. The molecule has 0 bridgehead atoms. The standard InChI is InChI=1S/C35H39F2N3OSi/c1-22(2)42(23(3)4,24(5)6)34-29(26-13-10-16-38-18-26)20-40-35-32(34)27(19-39-35)17-28-30(36)14-15-31(33(28)37)41-21-25-11-8-7-9-12-25/h7-16,18-20,22-24H,17,21H2,1-6H3,(H,39,40). The molecule has 2 aromatic carbocycles. The van der Waals surface area contributed by atoms with Crippen molar-refractivity contribution in [2.24, 2.45) is 0 Å². The van der Waals surface area contributed by atoms with E-state index < -0.39 is 19.7 Å². The number of benzene rings is 2. The summed E-state index contributed by atoms with van der Waals surface area (Å²) in [6.07, 6.45) is 7.54. The minimum atomic E-state index is -2.30. The van der Waals surface area contributed by atoms with Crippen molar-refractivity contribution in [3.05, 3.63) is 108 Å². The van der Waals surface area contributed by atoms with Gasteiger partial charge in [-0.05, 0) is 51.1 Å². The summed E-state index contributed by atoms with van der Waals surface area (Å²) in [5, 5.41) is 2.27. The molecule has 0 fully saturated rings. The predicted molar refractivity (Wildman–Crippen MR) is 170 cm³/mol. The largest absolute Gasteiger partial charge is 0.486 e. The summed E-state index contributed by atoms with van der Waals surface area (Å²) in [7, 11) is -2.30. The van der Waals surface area contributed by atoms with Gasteiger partial charge in [0.25, 0.3) is 0 Å². The monoisotopic (exact) mass is 583 g/mol. The van der Waals surface area contributed by atoms with Crippen LogP contribution in [0, 0.1) is 11.6 Å². The minimum absolute atomic E-state index is 0.00917. The average Bonchev–Trinajstić information content (AvgIpc) is 3.38. The smallest absolute Gasteiger partial charge is 0.171 e. The molecule has 3 heterocycles. The second kappa shape index (κ2) is 12.2. The van der Waals surface area contributed by atoms with Crippen LogP contribution in [0.5, 0.6) is 5.75 Å². The summed E-state index contributed by atoms with van der Waals surface area (Å²) in [6.45, 7) is 14.1. The van der Waals surface area contributed by atoms with Crippen molar-refractivity contribution in [2.45, 2.75) is 71.2 Å². The van der Waals surface area contributed by atoms with E-state index in [4.69, 9.17) is 9.72 Å². The minimum Gasteiger partial charge on any atom is -0.486 e. The van der Waals surface area contributed by atoms with Crippen molar-refractivity contribution >= 4 is 24.3 Å². The third-order valence-corrected chi connectivity index (χ3v) is 15.9. The Bertz CT molecular complexity index is 1650. The maximum absolute atomic E-state index is 15.9. The number of ether oxygens (including phenoxy) is 1. The lowest BCUT2D eigenvalue weighted by Crippen LogP contribution is -2.56. The Labute approximate surface area is 248 Å². The van der Waals surface area contributed by atoms with Gasteiger partial charge in [0.05, 0.1) is 8.07 Å². The number of H-pyrrole nitrogens is 1. The molecule has 0 aliphatic rings. The molecule has 5 rings (SSSR count). The van der Waals surface area contributed by atoms with E-state index in [1.165, 1.54) is 17.3 Å². The zero-order chi connectivity index (χ0) is 30.0. The van der Waals surface area contributed by atoms with Gasteiger partial charge in [0.2, 0.25) is 0 Å². The lowest BCUT2D eigenvalue weighted by molar-refractivity contribution is 0.288. The van der Waals surface area contributed by atoms with E-state index in [0.29, 0.717) is 16.6 Å². The molecule has 7 heteroatoms. The van der Waals surface area contributed by atoms with Crippen LogP contribution in [0.25, 0.3) is 22.2 Å². The van der Waals surface area contributed by atoms with Gasteiger partial charge >= 0.3 is 0 Å². The molecular formula is C35H39F2N3OSi. The molecule has 0 amide bonds. The van der Waals surface area contributed by atoms with Gasteiger partial charge in [-0.2, -0.15) is 0 Å². The van der Waals surface area contributed by atoms with E-state index in [-0.39, 0.29) is 24.3 Å². The van der Waals surface area contributed by atoms with E-state index in [2.05, 4.69) is 57.6 Å². The van der Waals surface area contributed by atoms with Gasteiger partial charge < -0.3 is 9.72 Å². The molecule has 0 unspecified atom stereocenters. The van der Waals surface area contributed by atoms with Crippen molar-refractivity contribution in [2.75, 3.05) is 0 Å². The number of aromatic nitrogens is 3. The van der Waals surface area contributed by atoms with Crippen LogP contribution in [0.2, 0.25) is 16.6 Å². The Morgan fingerprint density at radius 1 is 0.857 bits per heavy atom. The van der Waals surface area contributed by atoms with Crippen molar-refractivity contribution < 1.29 is 13.5 Å². The van der Waals surface area contributed by atoms with E-state index in [1.54, 1.807) is 6.20 Å². The van der Waals surface area contributed by atoms with Crippen LogP contribution in [-0.2, 0) is 13.0 Å². The Balaban J connectivity index is 1.70. The summed E-state index contributed by atoms with van der Waals surface area (Å²) in [6, 6.07) is 16.2. The zero-order valence-electron chi connectivity index (χ0n) is 25.2. The second-order valence-electron chi connectivity index (χ2n) is 12.0. The molecule has 0 spiro atoms. The molecule has 0 saturated heterocycles. The van der Waals surface area contributed by atoms with Gasteiger partial charge in [0.15, 0.2) is 11.6 Å². The van der Waals surface area contributed by atoms with Crippen LogP contribution >= 0.6 is 0 Å². The van der Waals surface area contributed by atoms with Gasteiger partial charge in [0, 0.05) is 53.3 Å². The Kier molecular flexibility index (Phi) is 8.59. The molecule has 3 aromatic heterocycles. The molecular weight excluding hydrogens is 544 g/mol. The number of fused-ring (bicyclic) bond motifs is 1. The van der Waals surface area contributed by atoms with E-state index in [9.17, 15) is 0 Å². The number of pyridine rings is 2. The highest BCUT2D eigenvalue weighted by atomic mass is 28.3. The number of rotatable bonds is 10. The van der Waals surface area contributed by atoms with Crippen molar-refractivity contribution in [1.29, 1.82) is 0 Å². The third-order valence-electron chi connectivity index (χ3n) is 8.81. The molecule has 1 N–H and O–H groups in total. The highest BCUT2D eigenvalue weighted by Gasteiger charge is 2.47. The van der Waals surface area contributed by atoms with E-state index >= 15 is 8.78 Å². The van der Waals surface area contributed by atoms with Gasteiger partial charge in [-0.3, -0.25) is 4.98 Å². The van der Waals surface area contributed by atoms with Crippen molar-refractivity contribution in [1.82, 2.24) is 15.0 Å². The quantitative estimate of drug-likeness (QED) is 0.167. The first kappa shape index (κ1) is 29.6. The molecule has 4 nitrogen and oxygen atoms in total. The lowest BCUT2D eigenvalue weighted by atomic mass is 10.0. The Morgan fingerprint density at radius 3 is 2.21 bits per heavy atom.